The topological polar surface area (TPSA) is 78.2 Å². The number of carbonyl (C=O) groups excluding carboxylic acids is 1. The lowest BCUT2D eigenvalue weighted by molar-refractivity contribution is -0.274. The van der Waals surface area contributed by atoms with Gasteiger partial charge in [-0.2, -0.15) is 9.78 Å². The zero-order valence-electron chi connectivity index (χ0n) is 16.1. The molecule has 0 bridgehead atoms. The van der Waals surface area contributed by atoms with Crippen LogP contribution in [0.1, 0.15) is 10.4 Å². The summed E-state index contributed by atoms with van der Waals surface area (Å²) < 4.78 is 43.5. The third-order valence-corrected chi connectivity index (χ3v) is 4.39. The van der Waals surface area contributed by atoms with Crippen molar-refractivity contribution in [1.29, 1.82) is 0 Å². The van der Waals surface area contributed by atoms with Crippen LogP contribution in [0.4, 0.5) is 18.9 Å². The SMILES string of the molecule is Cn1cc(C(=O)Nc2ccc(OC(F)(F)F)cc2)c2nn(-c3ccccc3)c(=O)c-2c1. The number of benzene rings is 2. The van der Waals surface area contributed by atoms with Gasteiger partial charge in [-0.05, 0) is 36.4 Å². The van der Waals surface area contributed by atoms with Crippen molar-refractivity contribution in [3.63, 3.8) is 0 Å². The van der Waals surface area contributed by atoms with Gasteiger partial charge in [-0.3, -0.25) is 9.59 Å². The fraction of sp³-hybridized carbons (Fsp3) is 0.0952. The van der Waals surface area contributed by atoms with Gasteiger partial charge in [0.1, 0.15) is 11.4 Å². The quantitative estimate of drug-likeness (QED) is 0.536. The summed E-state index contributed by atoms with van der Waals surface area (Å²) in [4.78, 5) is 25.7. The Hall–Kier alpha value is -4.08. The average molecular weight is 428 g/mol. The van der Waals surface area contributed by atoms with Crippen molar-refractivity contribution in [1.82, 2.24) is 14.3 Å². The van der Waals surface area contributed by atoms with Gasteiger partial charge in [0, 0.05) is 25.1 Å². The van der Waals surface area contributed by atoms with E-state index in [1.807, 2.05) is 0 Å². The number of hydrogen-bond acceptors (Lipinski definition) is 4. The van der Waals surface area contributed by atoms with Gasteiger partial charge >= 0.3 is 6.36 Å². The number of hydrogen-bond donors (Lipinski definition) is 1. The van der Waals surface area contributed by atoms with Crippen molar-refractivity contribution in [3.8, 4) is 22.7 Å². The fourth-order valence-corrected chi connectivity index (χ4v) is 3.08. The van der Waals surface area contributed by atoms with Gasteiger partial charge in [-0.15, -0.1) is 13.2 Å². The molecular weight excluding hydrogens is 413 g/mol. The molecule has 0 aliphatic carbocycles. The molecule has 0 fully saturated rings. The number of fused-ring (bicyclic) bond motifs is 1. The number of rotatable bonds is 4. The van der Waals surface area contributed by atoms with Crippen LogP contribution in [0, 0.1) is 0 Å². The number of halogens is 3. The highest BCUT2D eigenvalue weighted by Crippen LogP contribution is 2.26. The van der Waals surface area contributed by atoms with Gasteiger partial charge in [-0.1, -0.05) is 18.2 Å². The molecule has 7 nitrogen and oxygen atoms in total. The molecule has 1 amide bonds. The summed E-state index contributed by atoms with van der Waals surface area (Å²) in [6, 6.07) is 13.5. The van der Waals surface area contributed by atoms with E-state index in [4.69, 9.17) is 0 Å². The average Bonchev–Trinajstić information content (AvgIpc) is 3.05. The number of pyridine rings is 1. The second-order valence-corrected chi connectivity index (χ2v) is 6.68. The first-order valence-electron chi connectivity index (χ1n) is 9.03. The van der Waals surface area contributed by atoms with E-state index in [-0.39, 0.29) is 28.1 Å². The predicted octanol–water partition coefficient (Wildman–Crippen LogP) is 3.83. The van der Waals surface area contributed by atoms with E-state index < -0.39 is 18.0 Å². The van der Waals surface area contributed by atoms with E-state index in [1.54, 1.807) is 48.1 Å². The maximum Gasteiger partial charge on any atom is 0.573 e. The van der Waals surface area contributed by atoms with Gasteiger partial charge in [0.15, 0.2) is 0 Å². The number of aryl methyl sites for hydroxylation is 1. The number of alkyl halides is 3. The summed E-state index contributed by atoms with van der Waals surface area (Å²) in [5, 5.41) is 6.92. The third kappa shape index (κ3) is 4.27. The van der Waals surface area contributed by atoms with Crippen molar-refractivity contribution < 1.29 is 22.7 Å². The number of ether oxygens (including phenoxy) is 1. The third-order valence-electron chi connectivity index (χ3n) is 4.39. The Kier molecular flexibility index (Phi) is 4.97. The standard InChI is InChI=1S/C21H15F3N4O3/c1-27-11-16(19(29)25-13-7-9-15(10-8-13)31-21(22,23)24)18-17(12-27)20(30)28(26-18)14-5-3-2-4-6-14/h2-12H,1H3,(H,25,29). The number of aromatic nitrogens is 3. The molecule has 2 aliphatic rings. The lowest BCUT2D eigenvalue weighted by Crippen LogP contribution is -2.18. The molecule has 31 heavy (non-hydrogen) atoms. The number of anilines is 1. The Morgan fingerprint density at radius 2 is 1.71 bits per heavy atom. The van der Waals surface area contributed by atoms with Crippen LogP contribution in [0.5, 0.6) is 5.75 Å². The molecule has 4 rings (SSSR count). The summed E-state index contributed by atoms with van der Waals surface area (Å²) in [5.74, 6) is -0.972. The molecule has 0 aromatic heterocycles. The number of carbonyl (C=O) groups is 1. The molecule has 2 aromatic rings. The van der Waals surface area contributed by atoms with Gasteiger partial charge in [-0.25, -0.2) is 0 Å². The molecule has 158 valence electrons. The molecule has 0 saturated carbocycles. The molecule has 2 heterocycles. The van der Waals surface area contributed by atoms with Crippen LogP contribution >= 0.6 is 0 Å². The van der Waals surface area contributed by atoms with Crippen molar-refractivity contribution in [2.75, 3.05) is 5.32 Å². The molecule has 10 heteroatoms. The van der Waals surface area contributed by atoms with E-state index in [1.165, 1.54) is 23.0 Å². The van der Waals surface area contributed by atoms with Crippen molar-refractivity contribution >= 4 is 11.6 Å². The fourth-order valence-electron chi connectivity index (χ4n) is 3.08. The second kappa shape index (κ2) is 7.63. The molecule has 0 saturated heterocycles. The van der Waals surface area contributed by atoms with Crippen LogP contribution in [0.2, 0.25) is 0 Å². The molecular formula is C21H15F3N4O3. The van der Waals surface area contributed by atoms with E-state index in [0.717, 1.165) is 12.1 Å². The van der Waals surface area contributed by atoms with Crippen molar-refractivity contribution in [3.05, 3.63) is 82.9 Å². The van der Waals surface area contributed by atoms with Crippen LogP contribution in [-0.4, -0.2) is 26.6 Å². The Balaban J connectivity index is 1.66. The molecule has 0 unspecified atom stereocenters. The highest BCUT2D eigenvalue weighted by Gasteiger charge is 2.31. The lowest BCUT2D eigenvalue weighted by atomic mass is 10.1. The minimum Gasteiger partial charge on any atom is -0.406 e. The summed E-state index contributed by atoms with van der Waals surface area (Å²) >= 11 is 0. The van der Waals surface area contributed by atoms with Gasteiger partial charge in [0.25, 0.3) is 11.5 Å². The number of nitrogens with one attached hydrogen (secondary N) is 1. The normalized spacial score (nSPS) is 11.5. The molecule has 0 spiro atoms. The summed E-state index contributed by atoms with van der Waals surface area (Å²) in [5.41, 5.74) is 1.04. The molecule has 2 aliphatic heterocycles. The maximum absolute atomic E-state index is 12.9. The van der Waals surface area contributed by atoms with Crippen LogP contribution in [-0.2, 0) is 7.05 Å². The summed E-state index contributed by atoms with van der Waals surface area (Å²) in [6.07, 6.45) is -1.71. The summed E-state index contributed by atoms with van der Waals surface area (Å²) in [7, 11) is 1.67. The van der Waals surface area contributed by atoms with Crippen molar-refractivity contribution in [2.45, 2.75) is 6.36 Å². The lowest BCUT2D eigenvalue weighted by Gasteiger charge is -2.11. The van der Waals surface area contributed by atoms with E-state index in [2.05, 4.69) is 15.2 Å². The first-order chi connectivity index (χ1) is 14.7. The first kappa shape index (κ1) is 20.2. The van der Waals surface area contributed by atoms with Crippen molar-refractivity contribution in [2.24, 2.45) is 7.05 Å². The van der Waals surface area contributed by atoms with Gasteiger partial charge in [0.05, 0.1) is 16.8 Å². The highest BCUT2D eigenvalue weighted by atomic mass is 19.4. The van der Waals surface area contributed by atoms with Gasteiger partial charge < -0.3 is 14.6 Å². The molecule has 0 radical (unpaired) electrons. The van der Waals surface area contributed by atoms with Gasteiger partial charge in [0.2, 0.25) is 0 Å². The maximum atomic E-state index is 12.9. The smallest absolute Gasteiger partial charge is 0.406 e. The Morgan fingerprint density at radius 1 is 1.03 bits per heavy atom. The minimum absolute atomic E-state index is 0.141. The van der Waals surface area contributed by atoms with Crippen LogP contribution in [0.15, 0.2) is 71.8 Å². The largest absolute Gasteiger partial charge is 0.573 e. The molecule has 0 atom stereocenters. The summed E-state index contributed by atoms with van der Waals surface area (Å²) in [6.45, 7) is 0. The Labute approximate surface area is 173 Å². The number of para-hydroxylation sites is 1. The van der Waals surface area contributed by atoms with Crippen LogP contribution < -0.4 is 15.6 Å². The number of amides is 1. The van der Waals surface area contributed by atoms with Crippen LogP contribution in [0.25, 0.3) is 16.9 Å². The zero-order chi connectivity index (χ0) is 22.2. The predicted molar refractivity (Wildman–Crippen MR) is 107 cm³/mol. The Bertz CT molecular complexity index is 1260. The first-order valence-corrected chi connectivity index (χ1v) is 9.03. The minimum atomic E-state index is -4.80. The Morgan fingerprint density at radius 3 is 2.35 bits per heavy atom. The number of nitrogens with zero attached hydrogens (tertiary/aromatic N) is 3. The second-order valence-electron chi connectivity index (χ2n) is 6.68. The van der Waals surface area contributed by atoms with E-state index >= 15 is 0 Å². The molecule has 1 N–H and O–H groups in total. The zero-order valence-corrected chi connectivity index (χ0v) is 16.1. The molecule has 2 aromatic carbocycles. The van der Waals surface area contributed by atoms with E-state index in [0.29, 0.717) is 5.69 Å². The van der Waals surface area contributed by atoms with Crippen LogP contribution in [0.3, 0.4) is 0 Å². The monoisotopic (exact) mass is 428 g/mol. The highest BCUT2D eigenvalue weighted by molar-refractivity contribution is 6.08. The van der Waals surface area contributed by atoms with E-state index in [9.17, 15) is 22.8 Å².